The molecule has 102 valence electrons. The van der Waals surface area contributed by atoms with Crippen LogP contribution in [0.4, 0.5) is 0 Å². The van der Waals surface area contributed by atoms with E-state index in [0.717, 1.165) is 5.92 Å². The van der Waals surface area contributed by atoms with Crippen LogP contribution in [0.2, 0.25) is 0 Å². The van der Waals surface area contributed by atoms with Crippen molar-refractivity contribution in [2.75, 3.05) is 0 Å². The zero-order chi connectivity index (χ0) is 12.7. The molecule has 1 rings (SSSR count). The molecule has 3 N–H and O–H groups in total. The van der Waals surface area contributed by atoms with Crippen LogP contribution in [0, 0.1) is 11.3 Å². The van der Waals surface area contributed by atoms with Crippen molar-refractivity contribution in [1.29, 1.82) is 0 Å². The fourth-order valence-corrected chi connectivity index (χ4v) is 3.75. The van der Waals surface area contributed by atoms with Gasteiger partial charge in [-0.3, -0.25) is 11.3 Å². The van der Waals surface area contributed by atoms with Crippen LogP contribution >= 0.6 is 0 Å². The molecule has 2 nitrogen and oxygen atoms in total. The minimum Gasteiger partial charge on any atom is -0.271 e. The first-order valence-corrected chi connectivity index (χ1v) is 7.60. The number of rotatable bonds is 8. The van der Waals surface area contributed by atoms with E-state index >= 15 is 0 Å². The number of hydrogen-bond donors (Lipinski definition) is 2. The maximum Gasteiger partial charge on any atom is 0.0267 e. The summed E-state index contributed by atoms with van der Waals surface area (Å²) in [6.45, 7) is 6.96. The molecule has 0 aromatic heterocycles. The molecular weight excluding hydrogens is 208 g/mol. The van der Waals surface area contributed by atoms with Gasteiger partial charge in [-0.2, -0.15) is 0 Å². The molecular formula is C15H32N2. The fraction of sp³-hybridized carbons (Fsp3) is 1.00. The number of nitrogens with one attached hydrogen (secondary N) is 1. The van der Waals surface area contributed by atoms with Gasteiger partial charge in [-0.1, -0.05) is 52.9 Å². The van der Waals surface area contributed by atoms with Crippen molar-refractivity contribution >= 4 is 0 Å². The van der Waals surface area contributed by atoms with E-state index in [0.29, 0.717) is 11.5 Å². The second-order valence-electron chi connectivity index (χ2n) is 6.38. The highest BCUT2D eigenvalue weighted by molar-refractivity contribution is 4.94. The topological polar surface area (TPSA) is 38.0 Å². The molecule has 0 aromatic rings. The summed E-state index contributed by atoms with van der Waals surface area (Å²) in [7, 11) is 0. The molecule has 1 saturated carbocycles. The summed E-state index contributed by atoms with van der Waals surface area (Å²) in [5, 5.41) is 0. The van der Waals surface area contributed by atoms with E-state index in [-0.39, 0.29) is 0 Å². The first-order chi connectivity index (χ1) is 8.14. The summed E-state index contributed by atoms with van der Waals surface area (Å²) in [4.78, 5) is 0. The molecule has 1 atom stereocenters. The van der Waals surface area contributed by atoms with Gasteiger partial charge in [0.2, 0.25) is 0 Å². The zero-order valence-electron chi connectivity index (χ0n) is 12.1. The lowest BCUT2D eigenvalue weighted by molar-refractivity contribution is 0.145. The Morgan fingerprint density at radius 3 is 2.29 bits per heavy atom. The Kier molecular flexibility index (Phi) is 6.50. The van der Waals surface area contributed by atoms with Gasteiger partial charge in [0, 0.05) is 6.04 Å². The van der Waals surface area contributed by atoms with E-state index in [1.165, 1.54) is 57.8 Å². The quantitative estimate of drug-likeness (QED) is 0.382. The highest BCUT2D eigenvalue weighted by Crippen LogP contribution is 2.46. The third-order valence-corrected chi connectivity index (χ3v) is 4.45. The molecule has 1 aliphatic carbocycles. The first kappa shape index (κ1) is 15.0. The van der Waals surface area contributed by atoms with Crippen molar-refractivity contribution in [3.8, 4) is 0 Å². The Bertz CT molecular complexity index is 195. The van der Waals surface area contributed by atoms with Gasteiger partial charge in [-0.25, -0.2) is 0 Å². The van der Waals surface area contributed by atoms with Gasteiger partial charge in [0.05, 0.1) is 0 Å². The molecule has 0 amide bonds. The van der Waals surface area contributed by atoms with Crippen molar-refractivity contribution in [2.24, 2.45) is 17.2 Å². The lowest BCUT2D eigenvalue weighted by Crippen LogP contribution is -2.48. The largest absolute Gasteiger partial charge is 0.271 e. The van der Waals surface area contributed by atoms with E-state index in [2.05, 4.69) is 26.2 Å². The Hall–Kier alpha value is -0.0800. The van der Waals surface area contributed by atoms with Gasteiger partial charge in [-0.05, 0) is 37.0 Å². The Labute approximate surface area is 108 Å². The van der Waals surface area contributed by atoms with Gasteiger partial charge in [0.25, 0.3) is 0 Å². The van der Waals surface area contributed by atoms with Gasteiger partial charge >= 0.3 is 0 Å². The van der Waals surface area contributed by atoms with Gasteiger partial charge in [0.1, 0.15) is 0 Å². The van der Waals surface area contributed by atoms with Crippen LogP contribution in [-0.4, -0.2) is 6.04 Å². The van der Waals surface area contributed by atoms with E-state index in [1.807, 2.05) is 0 Å². The van der Waals surface area contributed by atoms with E-state index in [1.54, 1.807) is 0 Å². The second-order valence-corrected chi connectivity index (χ2v) is 6.38. The Morgan fingerprint density at radius 2 is 1.82 bits per heavy atom. The predicted octanol–water partition coefficient (Wildman–Crippen LogP) is 4.01. The molecule has 1 unspecified atom stereocenters. The van der Waals surface area contributed by atoms with Crippen molar-refractivity contribution in [1.82, 2.24) is 5.43 Å². The molecule has 0 heterocycles. The number of unbranched alkanes of at least 4 members (excludes halogenated alkanes) is 2. The van der Waals surface area contributed by atoms with Crippen molar-refractivity contribution in [2.45, 2.75) is 84.6 Å². The summed E-state index contributed by atoms with van der Waals surface area (Å²) in [5.41, 5.74) is 3.65. The van der Waals surface area contributed by atoms with Crippen LogP contribution in [0.1, 0.15) is 78.6 Å². The van der Waals surface area contributed by atoms with Crippen molar-refractivity contribution in [3.63, 3.8) is 0 Å². The smallest absolute Gasteiger partial charge is 0.0267 e. The summed E-state index contributed by atoms with van der Waals surface area (Å²) in [6.07, 6.45) is 12.1. The molecule has 0 saturated heterocycles. The van der Waals surface area contributed by atoms with Crippen molar-refractivity contribution < 1.29 is 0 Å². The minimum absolute atomic E-state index is 0.497. The summed E-state index contributed by atoms with van der Waals surface area (Å²) >= 11 is 0. The standard InChI is InChI=1S/C15H32N2/c1-4-5-6-9-14(17-16)15(12-13(2)3)10-7-8-11-15/h13-14,17H,4-12,16H2,1-3H3. The third-order valence-electron chi connectivity index (χ3n) is 4.45. The number of nitrogens with two attached hydrogens (primary N) is 1. The van der Waals surface area contributed by atoms with Crippen LogP contribution in [0.25, 0.3) is 0 Å². The van der Waals surface area contributed by atoms with Crippen LogP contribution in [0.5, 0.6) is 0 Å². The zero-order valence-corrected chi connectivity index (χ0v) is 12.1. The van der Waals surface area contributed by atoms with E-state index < -0.39 is 0 Å². The lowest BCUT2D eigenvalue weighted by Gasteiger charge is -2.39. The monoisotopic (exact) mass is 240 g/mol. The van der Waals surface area contributed by atoms with Gasteiger partial charge in [-0.15, -0.1) is 0 Å². The molecule has 0 aliphatic heterocycles. The summed E-state index contributed by atoms with van der Waals surface area (Å²) < 4.78 is 0. The van der Waals surface area contributed by atoms with Gasteiger partial charge < -0.3 is 0 Å². The van der Waals surface area contributed by atoms with Crippen LogP contribution in [0.15, 0.2) is 0 Å². The normalized spacial score (nSPS) is 21.0. The molecule has 0 spiro atoms. The SMILES string of the molecule is CCCCCC(NN)C1(CC(C)C)CCCC1. The number of hydrogen-bond acceptors (Lipinski definition) is 2. The van der Waals surface area contributed by atoms with E-state index in [4.69, 9.17) is 5.84 Å². The fourth-order valence-electron chi connectivity index (χ4n) is 3.75. The first-order valence-electron chi connectivity index (χ1n) is 7.60. The number of hydrazine groups is 1. The predicted molar refractivity (Wildman–Crippen MR) is 75.6 cm³/mol. The van der Waals surface area contributed by atoms with Gasteiger partial charge in [0.15, 0.2) is 0 Å². The van der Waals surface area contributed by atoms with E-state index in [9.17, 15) is 0 Å². The highest BCUT2D eigenvalue weighted by Gasteiger charge is 2.40. The van der Waals surface area contributed by atoms with Crippen LogP contribution in [0.3, 0.4) is 0 Å². The molecule has 0 bridgehead atoms. The minimum atomic E-state index is 0.497. The Balaban J connectivity index is 2.58. The Morgan fingerprint density at radius 1 is 1.18 bits per heavy atom. The second kappa shape index (κ2) is 7.38. The van der Waals surface area contributed by atoms with Crippen molar-refractivity contribution in [3.05, 3.63) is 0 Å². The summed E-state index contributed by atoms with van der Waals surface area (Å²) in [5.74, 6) is 6.63. The average Bonchev–Trinajstić information content (AvgIpc) is 2.73. The molecule has 0 aromatic carbocycles. The lowest BCUT2D eigenvalue weighted by atomic mass is 9.71. The third kappa shape index (κ3) is 4.26. The molecule has 17 heavy (non-hydrogen) atoms. The molecule has 2 heteroatoms. The molecule has 0 radical (unpaired) electrons. The van der Waals surface area contributed by atoms with Crippen LogP contribution < -0.4 is 11.3 Å². The molecule has 1 fully saturated rings. The average molecular weight is 240 g/mol. The maximum atomic E-state index is 5.85. The summed E-state index contributed by atoms with van der Waals surface area (Å²) in [6, 6.07) is 0.541. The highest BCUT2D eigenvalue weighted by atomic mass is 15.2. The van der Waals surface area contributed by atoms with Crippen LogP contribution in [-0.2, 0) is 0 Å². The maximum absolute atomic E-state index is 5.85. The molecule has 1 aliphatic rings.